The molecule has 0 radical (unpaired) electrons. The van der Waals surface area contributed by atoms with Gasteiger partial charge >= 0.3 is 5.97 Å². The fourth-order valence-electron chi connectivity index (χ4n) is 4.47. The fraction of sp³-hybridized carbons (Fsp3) is 0.680. The van der Waals surface area contributed by atoms with Crippen LogP contribution in [0.1, 0.15) is 32.6 Å². The van der Waals surface area contributed by atoms with Crippen LogP contribution >= 0.6 is 0 Å². The molecule has 1 aromatic carbocycles. The molecule has 0 aliphatic carbocycles. The second-order valence-corrected chi connectivity index (χ2v) is 10.8. The lowest BCUT2D eigenvalue weighted by atomic mass is 10.2. The van der Waals surface area contributed by atoms with Gasteiger partial charge in [0.2, 0.25) is 15.9 Å². The lowest BCUT2D eigenvalue weighted by Gasteiger charge is -2.36. The Morgan fingerprint density at radius 2 is 1.76 bits per heavy atom. The Morgan fingerprint density at radius 1 is 1.03 bits per heavy atom. The molecule has 0 unspecified atom stereocenters. The predicted octanol–water partition coefficient (Wildman–Crippen LogP) is 1.08. The molecule has 2 aliphatic rings. The maximum atomic E-state index is 13.0. The molecule has 0 bridgehead atoms. The largest absolute Gasteiger partial charge is 0.495 e. The lowest BCUT2D eigenvalue weighted by Crippen LogP contribution is -2.48. The van der Waals surface area contributed by atoms with Crippen molar-refractivity contribution < 1.29 is 32.2 Å². The number of sulfonamides is 1. The molecule has 2 heterocycles. The van der Waals surface area contributed by atoms with Gasteiger partial charge in [0.05, 0.1) is 37.5 Å². The minimum Gasteiger partial charge on any atom is -0.495 e. The first-order valence-corrected chi connectivity index (χ1v) is 14.5. The van der Waals surface area contributed by atoms with E-state index in [9.17, 15) is 18.0 Å². The minimum absolute atomic E-state index is 0.00789. The normalized spacial score (nSPS) is 17.0. The number of rotatable bonds is 13. The zero-order valence-corrected chi connectivity index (χ0v) is 22.8. The predicted molar refractivity (Wildman–Crippen MR) is 139 cm³/mol. The van der Waals surface area contributed by atoms with Crippen LogP contribution in [0.15, 0.2) is 23.1 Å². The smallest absolute Gasteiger partial charge is 0.305 e. The van der Waals surface area contributed by atoms with Crippen LogP contribution in [0.4, 0.5) is 5.69 Å². The first kappa shape index (κ1) is 29.2. The number of carbonyl (C=O) groups excluding carboxylic acids is 2. The number of carbonyl (C=O) groups is 2. The summed E-state index contributed by atoms with van der Waals surface area (Å²) in [6.45, 7) is 8.60. The monoisotopic (exact) mass is 540 g/mol. The van der Waals surface area contributed by atoms with Crippen LogP contribution in [0.5, 0.6) is 5.75 Å². The molecule has 12 heteroatoms. The maximum Gasteiger partial charge on any atom is 0.305 e. The van der Waals surface area contributed by atoms with Crippen LogP contribution in [-0.4, -0.2) is 109 Å². The summed E-state index contributed by atoms with van der Waals surface area (Å²) in [6, 6.07) is 4.86. The highest BCUT2D eigenvalue weighted by atomic mass is 32.2. The number of morpholine rings is 1. The molecule has 0 saturated carbocycles. The van der Waals surface area contributed by atoms with Gasteiger partial charge < -0.3 is 24.0 Å². The van der Waals surface area contributed by atoms with Crippen molar-refractivity contribution in [3.8, 4) is 5.75 Å². The van der Waals surface area contributed by atoms with E-state index in [4.69, 9.17) is 14.2 Å². The Hall–Kier alpha value is -2.41. The van der Waals surface area contributed by atoms with Gasteiger partial charge in [-0.3, -0.25) is 14.5 Å². The minimum atomic E-state index is -3.67. The molecule has 2 saturated heterocycles. The second kappa shape index (κ2) is 14.5. The standard InChI is InChI=1S/C25H40N4O7S/c1-3-36-25(31)7-4-6-24(30)29-14-12-28(13-15-29)22-20-21(8-9-23(22)34-2)37(32,33)26-10-5-11-27-16-18-35-19-17-27/h8-9,20,26H,3-7,10-19H2,1-2H3. The Labute approximate surface area is 220 Å². The summed E-state index contributed by atoms with van der Waals surface area (Å²) in [4.78, 5) is 30.3. The SMILES string of the molecule is CCOC(=O)CCCC(=O)N1CCN(c2cc(S(=O)(=O)NCCCN3CCOCC3)ccc2OC)CC1. The van der Waals surface area contributed by atoms with Crippen LogP contribution in [-0.2, 0) is 29.1 Å². The van der Waals surface area contributed by atoms with Crippen molar-refractivity contribution in [1.82, 2.24) is 14.5 Å². The number of nitrogens with one attached hydrogen (secondary N) is 1. The Bertz CT molecular complexity index is 991. The molecular formula is C25H40N4O7S. The number of nitrogens with zero attached hydrogens (tertiary/aromatic N) is 3. The molecule has 0 aromatic heterocycles. The van der Waals surface area contributed by atoms with E-state index in [0.717, 1.165) is 39.3 Å². The number of ether oxygens (including phenoxy) is 3. The maximum absolute atomic E-state index is 13.0. The Morgan fingerprint density at radius 3 is 2.43 bits per heavy atom. The molecule has 37 heavy (non-hydrogen) atoms. The number of methoxy groups -OCH3 is 1. The van der Waals surface area contributed by atoms with E-state index in [1.54, 1.807) is 37.1 Å². The van der Waals surface area contributed by atoms with Crippen LogP contribution in [0, 0.1) is 0 Å². The summed E-state index contributed by atoms with van der Waals surface area (Å²) < 4.78 is 44.4. The molecule has 11 nitrogen and oxygen atoms in total. The third kappa shape index (κ3) is 8.84. The zero-order chi connectivity index (χ0) is 26.7. The molecule has 0 atom stereocenters. The van der Waals surface area contributed by atoms with Crippen molar-refractivity contribution in [1.29, 1.82) is 0 Å². The van der Waals surface area contributed by atoms with Crippen molar-refractivity contribution in [2.75, 3.05) is 84.2 Å². The van der Waals surface area contributed by atoms with Crippen LogP contribution < -0.4 is 14.4 Å². The van der Waals surface area contributed by atoms with Crippen molar-refractivity contribution in [3.63, 3.8) is 0 Å². The molecule has 208 valence electrons. The van der Waals surface area contributed by atoms with Crippen LogP contribution in [0.2, 0.25) is 0 Å². The quantitative estimate of drug-likeness (QED) is 0.290. The van der Waals surface area contributed by atoms with Gasteiger partial charge in [-0.05, 0) is 44.5 Å². The van der Waals surface area contributed by atoms with Crippen LogP contribution in [0.25, 0.3) is 0 Å². The van der Waals surface area contributed by atoms with Gasteiger partial charge in [0.15, 0.2) is 0 Å². The van der Waals surface area contributed by atoms with E-state index in [-0.39, 0.29) is 23.2 Å². The third-order valence-corrected chi connectivity index (χ3v) is 8.02. The van der Waals surface area contributed by atoms with Crippen molar-refractivity contribution in [3.05, 3.63) is 18.2 Å². The molecule has 2 fully saturated rings. The van der Waals surface area contributed by atoms with E-state index in [0.29, 0.717) is 63.6 Å². The molecule has 3 rings (SSSR count). The first-order chi connectivity index (χ1) is 17.8. The number of piperazine rings is 1. The molecule has 2 aliphatic heterocycles. The van der Waals surface area contributed by atoms with Gasteiger partial charge in [-0.25, -0.2) is 13.1 Å². The lowest BCUT2D eigenvalue weighted by molar-refractivity contribution is -0.143. The van der Waals surface area contributed by atoms with Gasteiger partial charge in [0, 0.05) is 58.7 Å². The molecule has 1 aromatic rings. The summed E-state index contributed by atoms with van der Waals surface area (Å²) in [5.41, 5.74) is 0.688. The summed E-state index contributed by atoms with van der Waals surface area (Å²) in [7, 11) is -2.12. The summed E-state index contributed by atoms with van der Waals surface area (Å²) in [6.07, 6.45) is 1.72. The van der Waals surface area contributed by atoms with Crippen LogP contribution in [0.3, 0.4) is 0 Å². The van der Waals surface area contributed by atoms with Crippen molar-refractivity contribution >= 4 is 27.6 Å². The fourth-order valence-corrected chi connectivity index (χ4v) is 5.57. The van der Waals surface area contributed by atoms with E-state index >= 15 is 0 Å². The number of esters is 1. The van der Waals surface area contributed by atoms with Gasteiger partial charge in [0.25, 0.3) is 0 Å². The van der Waals surface area contributed by atoms with E-state index < -0.39 is 10.0 Å². The second-order valence-electron chi connectivity index (χ2n) is 9.07. The third-order valence-electron chi connectivity index (χ3n) is 6.56. The van der Waals surface area contributed by atoms with Crippen molar-refractivity contribution in [2.45, 2.75) is 37.5 Å². The molecular weight excluding hydrogens is 500 g/mol. The average molecular weight is 541 g/mol. The number of hydrogen-bond donors (Lipinski definition) is 1. The van der Waals surface area contributed by atoms with Gasteiger partial charge in [-0.1, -0.05) is 0 Å². The molecule has 1 amide bonds. The van der Waals surface area contributed by atoms with Crippen molar-refractivity contribution in [2.24, 2.45) is 0 Å². The number of anilines is 1. The van der Waals surface area contributed by atoms with E-state index in [1.165, 1.54) is 0 Å². The Kier molecular flexibility index (Phi) is 11.4. The number of benzene rings is 1. The first-order valence-electron chi connectivity index (χ1n) is 13.0. The van der Waals surface area contributed by atoms with E-state index in [1.807, 2.05) is 4.90 Å². The van der Waals surface area contributed by atoms with Gasteiger partial charge in [-0.2, -0.15) is 0 Å². The zero-order valence-electron chi connectivity index (χ0n) is 21.9. The summed E-state index contributed by atoms with van der Waals surface area (Å²) in [5.74, 6) is 0.308. The van der Waals surface area contributed by atoms with E-state index in [2.05, 4.69) is 9.62 Å². The molecule has 0 spiro atoms. The summed E-state index contributed by atoms with van der Waals surface area (Å²) in [5, 5.41) is 0. The topological polar surface area (TPSA) is 118 Å². The number of amides is 1. The average Bonchev–Trinajstić information content (AvgIpc) is 2.91. The van der Waals surface area contributed by atoms with Gasteiger partial charge in [0.1, 0.15) is 5.75 Å². The highest BCUT2D eigenvalue weighted by molar-refractivity contribution is 7.89. The Balaban J connectivity index is 1.52. The number of hydrogen-bond acceptors (Lipinski definition) is 9. The highest BCUT2D eigenvalue weighted by Gasteiger charge is 2.25. The van der Waals surface area contributed by atoms with Gasteiger partial charge in [-0.15, -0.1) is 0 Å². The summed E-state index contributed by atoms with van der Waals surface area (Å²) >= 11 is 0. The highest BCUT2D eigenvalue weighted by Crippen LogP contribution is 2.32. The molecule has 1 N–H and O–H groups in total.